The normalized spacial score (nSPS) is 27.4. The smallest absolute Gasteiger partial charge is 0.218 e. The van der Waals surface area contributed by atoms with Crippen molar-refractivity contribution >= 4 is 5.82 Å². The molecule has 2 aliphatic heterocycles. The molecular weight excluding hydrogens is 256 g/mol. The van der Waals surface area contributed by atoms with Gasteiger partial charge in [-0.05, 0) is 25.9 Å². The third kappa shape index (κ3) is 3.02. The van der Waals surface area contributed by atoms with Crippen LogP contribution in [-0.4, -0.2) is 60.4 Å². The van der Waals surface area contributed by atoms with E-state index in [1.807, 2.05) is 6.07 Å². The van der Waals surface area contributed by atoms with Gasteiger partial charge in [-0.2, -0.15) is 0 Å². The summed E-state index contributed by atoms with van der Waals surface area (Å²) in [5.41, 5.74) is 0. The van der Waals surface area contributed by atoms with Crippen LogP contribution in [0.4, 0.5) is 5.82 Å². The molecular formula is C14H22N4O2. The molecule has 0 aromatic carbocycles. The van der Waals surface area contributed by atoms with Crippen LogP contribution in [0, 0.1) is 0 Å². The fourth-order valence-electron chi connectivity index (χ4n) is 3.01. The molecule has 1 aromatic heterocycles. The number of anilines is 1. The number of rotatable bonds is 4. The van der Waals surface area contributed by atoms with Crippen LogP contribution in [0.1, 0.15) is 19.3 Å². The van der Waals surface area contributed by atoms with E-state index in [-0.39, 0.29) is 6.04 Å². The number of aromatic nitrogens is 2. The summed E-state index contributed by atoms with van der Waals surface area (Å²) in [6, 6.07) is 2.55. The monoisotopic (exact) mass is 278 g/mol. The van der Waals surface area contributed by atoms with E-state index in [1.54, 1.807) is 7.11 Å². The quantitative estimate of drug-likeness (QED) is 0.891. The van der Waals surface area contributed by atoms with Gasteiger partial charge in [-0.25, -0.2) is 9.97 Å². The Morgan fingerprint density at radius 1 is 1.25 bits per heavy atom. The predicted octanol–water partition coefficient (Wildman–Crippen LogP) is 1.15. The summed E-state index contributed by atoms with van der Waals surface area (Å²) in [6.45, 7) is 3.89. The summed E-state index contributed by atoms with van der Waals surface area (Å²) in [7, 11) is 1.61. The lowest BCUT2D eigenvalue weighted by Crippen LogP contribution is -2.48. The van der Waals surface area contributed by atoms with Crippen LogP contribution in [-0.2, 0) is 4.74 Å². The summed E-state index contributed by atoms with van der Waals surface area (Å²) in [5.74, 6) is 1.38. The first-order chi connectivity index (χ1) is 9.86. The Labute approximate surface area is 119 Å². The second-order valence-corrected chi connectivity index (χ2v) is 5.40. The van der Waals surface area contributed by atoms with Gasteiger partial charge in [0.2, 0.25) is 5.88 Å². The number of hydrogen-bond donors (Lipinski definition) is 1. The number of hydrogen-bond acceptors (Lipinski definition) is 6. The third-order valence-corrected chi connectivity index (χ3v) is 4.09. The molecule has 2 aliphatic rings. The number of ether oxygens (including phenoxy) is 2. The Hall–Kier alpha value is -1.40. The molecule has 1 aromatic rings. The van der Waals surface area contributed by atoms with Crippen molar-refractivity contribution in [2.45, 2.75) is 31.3 Å². The maximum absolute atomic E-state index is 5.67. The summed E-state index contributed by atoms with van der Waals surface area (Å²) >= 11 is 0. The van der Waals surface area contributed by atoms with Crippen molar-refractivity contribution in [3.05, 3.63) is 12.4 Å². The molecule has 3 heterocycles. The van der Waals surface area contributed by atoms with Gasteiger partial charge in [0.05, 0.1) is 32.4 Å². The average molecular weight is 278 g/mol. The maximum Gasteiger partial charge on any atom is 0.218 e. The Kier molecular flexibility index (Phi) is 4.32. The highest BCUT2D eigenvalue weighted by molar-refractivity contribution is 5.39. The van der Waals surface area contributed by atoms with E-state index in [0.29, 0.717) is 11.9 Å². The molecule has 2 atom stereocenters. The van der Waals surface area contributed by atoms with Crippen molar-refractivity contribution in [2.75, 3.05) is 38.7 Å². The number of piperidine rings is 1. The number of nitrogens with one attached hydrogen (secondary N) is 1. The van der Waals surface area contributed by atoms with Crippen LogP contribution in [0.5, 0.6) is 5.88 Å². The summed E-state index contributed by atoms with van der Waals surface area (Å²) in [4.78, 5) is 10.8. The number of methoxy groups -OCH3 is 1. The molecule has 2 fully saturated rings. The van der Waals surface area contributed by atoms with Crippen LogP contribution >= 0.6 is 0 Å². The summed E-state index contributed by atoms with van der Waals surface area (Å²) in [5, 5.41) is 3.47. The molecule has 6 heteroatoms. The van der Waals surface area contributed by atoms with Gasteiger partial charge in [0.25, 0.3) is 0 Å². The fourth-order valence-corrected chi connectivity index (χ4v) is 3.01. The molecule has 0 radical (unpaired) electrons. The highest BCUT2D eigenvalue weighted by atomic mass is 16.5. The van der Waals surface area contributed by atoms with Gasteiger partial charge >= 0.3 is 0 Å². The van der Waals surface area contributed by atoms with Crippen LogP contribution in [0.25, 0.3) is 0 Å². The van der Waals surface area contributed by atoms with E-state index in [9.17, 15) is 0 Å². The molecule has 0 amide bonds. The predicted molar refractivity (Wildman–Crippen MR) is 76.0 cm³/mol. The van der Waals surface area contributed by atoms with Gasteiger partial charge in [0.15, 0.2) is 0 Å². The topological polar surface area (TPSA) is 59.5 Å². The Morgan fingerprint density at radius 2 is 2.10 bits per heavy atom. The van der Waals surface area contributed by atoms with E-state index >= 15 is 0 Å². The molecule has 1 N–H and O–H groups in total. The minimum Gasteiger partial charge on any atom is -0.481 e. The first-order valence-corrected chi connectivity index (χ1v) is 7.31. The second kappa shape index (κ2) is 6.37. The highest BCUT2D eigenvalue weighted by Crippen LogP contribution is 2.22. The number of likely N-dealkylation sites (tertiary alicyclic amines) is 1. The zero-order chi connectivity index (χ0) is 13.8. The van der Waals surface area contributed by atoms with Crippen molar-refractivity contribution in [2.24, 2.45) is 0 Å². The molecule has 2 saturated heterocycles. The fraction of sp³-hybridized carbons (Fsp3) is 0.714. The lowest BCUT2D eigenvalue weighted by Gasteiger charge is -2.34. The van der Waals surface area contributed by atoms with Crippen molar-refractivity contribution < 1.29 is 9.47 Å². The molecule has 0 unspecified atom stereocenters. The van der Waals surface area contributed by atoms with E-state index in [1.165, 1.54) is 38.7 Å². The van der Waals surface area contributed by atoms with Crippen molar-refractivity contribution in [3.8, 4) is 5.88 Å². The van der Waals surface area contributed by atoms with Crippen LogP contribution in [0.2, 0.25) is 0 Å². The average Bonchev–Trinajstić information content (AvgIpc) is 2.96. The molecule has 3 rings (SSSR count). The highest BCUT2D eigenvalue weighted by Gasteiger charge is 2.33. The van der Waals surface area contributed by atoms with E-state index in [4.69, 9.17) is 9.47 Å². The molecule has 110 valence electrons. The minimum absolute atomic E-state index is 0.285. The maximum atomic E-state index is 5.67. The molecule has 0 spiro atoms. The van der Waals surface area contributed by atoms with Crippen LogP contribution < -0.4 is 10.1 Å². The molecule has 6 nitrogen and oxygen atoms in total. The summed E-state index contributed by atoms with van der Waals surface area (Å²) < 4.78 is 10.8. The van der Waals surface area contributed by atoms with E-state index in [0.717, 1.165) is 19.0 Å². The molecule has 0 bridgehead atoms. The Balaban J connectivity index is 1.65. The van der Waals surface area contributed by atoms with Crippen LogP contribution in [0.15, 0.2) is 12.4 Å². The first kappa shape index (κ1) is 13.6. The molecule has 0 saturated carbocycles. The summed E-state index contributed by atoms with van der Waals surface area (Å²) in [6.07, 6.45) is 5.47. The SMILES string of the molecule is COc1cc(N[C@@H]2COC[C@H]2N2CCCCC2)ncn1. The van der Waals surface area contributed by atoms with Gasteiger partial charge in [0.1, 0.15) is 12.1 Å². The second-order valence-electron chi connectivity index (χ2n) is 5.40. The van der Waals surface area contributed by atoms with E-state index in [2.05, 4.69) is 20.2 Å². The van der Waals surface area contributed by atoms with Gasteiger partial charge in [-0.1, -0.05) is 6.42 Å². The first-order valence-electron chi connectivity index (χ1n) is 7.31. The Morgan fingerprint density at radius 3 is 2.90 bits per heavy atom. The van der Waals surface area contributed by atoms with Crippen molar-refractivity contribution in [1.82, 2.24) is 14.9 Å². The Bertz CT molecular complexity index is 437. The number of nitrogens with zero attached hydrogens (tertiary/aromatic N) is 3. The van der Waals surface area contributed by atoms with Crippen molar-refractivity contribution in [3.63, 3.8) is 0 Å². The standard InChI is InChI=1S/C14H22N4O2/c1-19-14-7-13(15-10-16-14)17-11-8-20-9-12(11)18-5-3-2-4-6-18/h7,10-12H,2-6,8-9H2,1H3,(H,15,16,17)/t11-,12-/m1/s1. The zero-order valence-electron chi connectivity index (χ0n) is 11.9. The van der Waals surface area contributed by atoms with Gasteiger partial charge in [-0.3, -0.25) is 4.90 Å². The van der Waals surface area contributed by atoms with Gasteiger partial charge in [-0.15, -0.1) is 0 Å². The third-order valence-electron chi connectivity index (χ3n) is 4.09. The van der Waals surface area contributed by atoms with E-state index < -0.39 is 0 Å². The van der Waals surface area contributed by atoms with Gasteiger partial charge < -0.3 is 14.8 Å². The van der Waals surface area contributed by atoms with Crippen molar-refractivity contribution in [1.29, 1.82) is 0 Å². The lowest BCUT2D eigenvalue weighted by molar-refractivity contribution is 0.127. The largest absolute Gasteiger partial charge is 0.481 e. The van der Waals surface area contributed by atoms with Gasteiger partial charge in [0, 0.05) is 6.07 Å². The molecule has 0 aliphatic carbocycles. The zero-order valence-corrected chi connectivity index (χ0v) is 11.9. The van der Waals surface area contributed by atoms with Crippen LogP contribution in [0.3, 0.4) is 0 Å². The lowest BCUT2D eigenvalue weighted by atomic mass is 10.1. The molecule has 20 heavy (non-hydrogen) atoms. The minimum atomic E-state index is 0.285.